The Kier molecular flexibility index (Phi) is 10.0. The molecule has 0 aliphatic heterocycles. The molecular formula is C32H39N3O5S. The summed E-state index contributed by atoms with van der Waals surface area (Å²) in [5.74, 6) is -0.151. The Labute approximate surface area is 243 Å². The molecule has 0 aromatic heterocycles. The number of carbonyl (C=O) groups is 2. The van der Waals surface area contributed by atoms with E-state index in [0.717, 1.165) is 47.5 Å². The fourth-order valence-electron chi connectivity index (χ4n) is 5.12. The van der Waals surface area contributed by atoms with Crippen molar-refractivity contribution in [3.63, 3.8) is 0 Å². The minimum Gasteiger partial charge on any atom is -0.497 e. The van der Waals surface area contributed by atoms with Gasteiger partial charge in [-0.25, -0.2) is 8.42 Å². The maximum Gasteiger partial charge on any atom is 0.264 e. The minimum absolute atomic E-state index is 0.0668. The van der Waals surface area contributed by atoms with Crippen LogP contribution in [-0.2, 0) is 26.2 Å². The number of methoxy groups -OCH3 is 1. The lowest BCUT2D eigenvalue weighted by atomic mass is 9.95. The Balaban J connectivity index is 1.67. The van der Waals surface area contributed by atoms with Crippen LogP contribution in [0.2, 0.25) is 0 Å². The normalized spacial score (nSPS) is 14.6. The highest BCUT2D eigenvalue weighted by atomic mass is 32.2. The number of aryl methyl sites for hydroxylation is 1. The van der Waals surface area contributed by atoms with E-state index in [4.69, 9.17) is 4.74 Å². The fraction of sp³-hybridized carbons (Fsp3) is 0.375. The van der Waals surface area contributed by atoms with Gasteiger partial charge >= 0.3 is 0 Å². The topological polar surface area (TPSA) is 96.0 Å². The van der Waals surface area contributed by atoms with Crippen LogP contribution in [0.1, 0.15) is 50.2 Å². The molecule has 1 atom stereocenters. The number of hydrogen-bond acceptors (Lipinski definition) is 5. The fourth-order valence-corrected chi connectivity index (χ4v) is 6.55. The summed E-state index contributed by atoms with van der Waals surface area (Å²) in [6.07, 6.45) is 5.14. The standard InChI is InChI=1S/C32H39N3O5S/c1-24-12-10-11-13-26(24)22-34(25(2)32(37)33-27-14-6-4-7-15-27)31(36)23-35(28-18-20-29(40-3)21-19-28)41(38,39)30-16-8-5-9-17-30/h5,8-13,16-21,25,27H,4,6-7,14-15,22-23H2,1-3H3,(H,33,37)/t25-/m0/s1. The molecule has 1 fully saturated rings. The molecule has 0 saturated heterocycles. The van der Waals surface area contributed by atoms with Crippen molar-refractivity contribution in [3.8, 4) is 5.75 Å². The van der Waals surface area contributed by atoms with Crippen molar-refractivity contribution in [1.29, 1.82) is 0 Å². The van der Waals surface area contributed by atoms with Crippen LogP contribution >= 0.6 is 0 Å². The van der Waals surface area contributed by atoms with E-state index in [2.05, 4.69) is 5.32 Å². The Morgan fingerprint density at radius 2 is 1.56 bits per heavy atom. The van der Waals surface area contributed by atoms with Crippen molar-refractivity contribution in [2.24, 2.45) is 0 Å². The molecule has 1 N–H and O–H groups in total. The zero-order valence-electron chi connectivity index (χ0n) is 24.0. The molecule has 0 radical (unpaired) electrons. The van der Waals surface area contributed by atoms with Crippen LogP contribution < -0.4 is 14.4 Å². The van der Waals surface area contributed by atoms with E-state index in [9.17, 15) is 18.0 Å². The summed E-state index contributed by atoms with van der Waals surface area (Å²) in [5, 5.41) is 3.13. The maximum absolute atomic E-state index is 14.1. The summed E-state index contributed by atoms with van der Waals surface area (Å²) >= 11 is 0. The van der Waals surface area contributed by atoms with Gasteiger partial charge in [-0.15, -0.1) is 0 Å². The number of ether oxygens (including phenoxy) is 1. The van der Waals surface area contributed by atoms with Gasteiger partial charge in [-0.3, -0.25) is 13.9 Å². The number of anilines is 1. The highest BCUT2D eigenvalue weighted by Gasteiger charge is 2.33. The van der Waals surface area contributed by atoms with Gasteiger partial charge in [-0.2, -0.15) is 0 Å². The van der Waals surface area contributed by atoms with Gasteiger partial charge in [0.25, 0.3) is 10.0 Å². The quantitative estimate of drug-likeness (QED) is 0.344. The molecule has 1 aliphatic carbocycles. The van der Waals surface area contributed by atoms with Crippen molar-refractivity contribution in [1.82, 2.24) is 10.2 Å². The molecular weight excluding hydrogens is 538 g/mol. The van der Waals surface area contributed by atoms with E-state index in [1.165, 1.54) is 24.1 Å². The number of hydrogen-bond donors (Lipinski definition) is 1. The maximum atomic E-state index is 14.1. The number of rotatable bonds is 11. The molecule has 2 amide bonds. The SMILES string of the molecule is COc1ccc(N(CC(=O)N(Cc2ccccc2C)[C@@H](C)C(=O)NC2CCCCC2)S(=O)(=O)c2ccccc2)cc1. The van der Waals surface area contributed by atoms with Gasteiger partial charge in [0.05, 0.1) is 17.7 Å². The van der Waals surface area contributed by atoms with E-state index in [0.29, 0.717) is 11.4 Å². The molecule has 0 bridgehead atoms. The van der Waals surface area contributed by atoms with Crippen molar-refractivity contribution in [2.45, 2.75) is 69.5 Å². The summed E-state index contributed by atoms with van der Waals surface area (Å²) in [4.78, 5) is 29.1. The van der Waals surface area contributed by atoms with Crippen molar-refractivity contribution in [3.05, 3.63) is 90.0 Å². The third kappa shape index (κ3) is 7.47. The van der Waals surface area contributed by atoms with Crippen LogP contribution in [0.25, 0.3) is 0 Å². The van der Waals surface area contributed by atoms with Crippen molar-refractivity contribution >= 4 is 27.5 Å². The molecule has 0 unspecified atom stereocenters. The first kappa shape index (κ1) is 30.1. The zero-order valence-corrected chi connectivity index (χ0v) is 24.8. The minimum atomic E-state index is -4.11. The highest BCUT2D eigenvalue weighted by molar-refractivity contribution is 7.92. The van der Waals surface area contributed by atoms with Gasteiger partial charge in [0, 0.05) is 12.6 Å². The van der Waals surface area contributed by atoms with Gasteiger partial charge in [-0.1, -0.05) is 61.7 Å². The third-order valence-corrected chi connectivity index (χ3v) is 9.48. The average Bonchev–Trinajstić information content (AvgIpc) is 3.00. The van der Waals surface area contributed by atoms with E-state index in [1.54, 1.807) is 49.4 Å². The van der Waals surface area contributed by atoms with Gasteiger partial charge in [0.15, 0.2) is 0 Å². The Morgan fingerprint density at radius 1 is 0.927 bits per heavy atom. The summed E-state index contributed by atoms with van der Waals surface area (Å²) in [7, 11) is -2.58. The molecule has 3 aromatic rings. The average molecular weight is 578 g/mol. The second-order valence-electron chi connectivity index (χ2n) is 10.5. The monoisotopic (exact) mass is 577 g/mol. The second kappa shape index (κ2) is 13.7. The summed E-state index contributed by atoms with van der Waals surface area (Å²) in [5.41, 5.74) is 2.19. The van der Waals surface area contributed by atoms with Crippen LogP contribution in [0.3, 0.4) is 0 Å². The van der Waals surface area contributed by atoms with Crippen LogP contribution in [0.15, 0.2) is 83.8 Å². The first-order chi connectivity index (χ1) is 19.7. The van der Waals surface area contributed by atoms with E-state index in [-0.39, 0.29) is 23.4 Å². The lowest BCUT2D eigenvalue weighted by Crippen LogP contribution is -2.53. The number of sulfonamides is 1. The molecule has 1 aliphatic rings. The number of amides is 2. The second-order valence-corrected chi connectivity index (χ2v) is 12.4. The van der Waals surface area contributed by atoms with Crippen LogP contribution in [-0.4, -0.2) is 50.9 Å². The number of carbonyl (C=O) groups excluding carboxylic acids is 2. The number of nitrogens with zero attached hydrogens (tertiary/aromatic N) is 2. The molecule has 8 nitrogen and oxygen atoms in total. The first-order valence-electron chi connectivity index (χ1n) is 14.1. The third-order valence-electron chi connectivity index (χ3n) is 7.69. The van der Waals surface area contributed by atoms with Gasteiger partial charge in [0.1, 0.15) is 18.3 Å². The van der Waals surface area contributed by atoms with Crippen LogP contribution in [0.4, 0.5) is 5.69 Å². The molecule has 1 saturated carbocycles. The highest BCUT2D eigenvalue weighted by Crippen LogP contribution is 2.27. The number of nitrogens with one attached hydrogen (secondary N) is 1. The molecule has 9 heteroatoms. The predicted octanol–water partition coefficient (Wildman–Crippen LogP) is 5.07. The van der Waals surface area contributed by atoms with Crippen LogP contribution in [0, 0.1) is 6.92 Å². The van der Waals surface area contributed by atoms with E-state index < -0.39 is 28.5 Å². The Morgan fingerprint density at radius 3 is 2.20 bits per heavy atom. The summed E-state index contributed by atoms with van der Waals surface area (Å²) < 4.78 is 34.1. The van der Waals surface area contributed by atoms with Gasteiger partial charge < -0.3 is 15.0 Å². The molecule has 4 rings (SSSR count). The largest absolute Gasteiger partial charge is 0.497 e. The lowest BCUT2D eigenvalue weighted by molar-refractivity contribution is -0.139. The Hall–Kier alpha value is -3.85. The van der Waals surface area contributed by atoms with Crippen LogP contribution in [0.5, 0.6) is 5.75 Å². The first-order valence-corrected chi connectivity index (χ1v) is 15.5. The lowest BCUT2D eigenvalue weighted by Gasteiger charge is -2.33. The molecule has 218 valence electrons. The zero-order chi connectivity index (χ0) is 29.4. The summed E-state index contributed by atoms with van der Waals surface area (Å²) in [6.45, 7) is 3.36. The summed E-state index contributed by atoms with van der Waals surface area (Å²) in [6, 6.07) is 21.5. The Bertz CT molecular complexity index is 1420. The van der Waals surface area contributed by atoms with E-state index >= 15 is 0 Å². The van der Waals surface area contributed by atoms with Gasteiger partial charge in [-0.05, 0) is 74.2 Å². The predicted molar refractivity (Wildman–Crippen MR) is 160 cm³/mol. The molecule has 0 spiro atoms. The molecule has 41 heavy (non-hydrogen) atoms. The van der Waals surface area contributed by atoms with Crippen molar-refractivity contribution < 1.29 is 22.7 Å². The van der Waals surface area contributed by atoms with Crippen molar-refractivity contribution in [2.75, 3.05) is 18.0 Å². The smallest absolute Gasteiger partial charge is 0.264 e. The molecule has 0 heterocycles. The van der Waals surface area contributed by atoms with E-state index in [1.807, 2.05) is 31.2 Å². The van der Waals surface area contributed by atoms with Gasteiger partial charge in [0.2, 0.25) is 11.8 Å². The molecule has 3 aromatic carbocycles. The number of benzene rings is 3.